The van der Waals surface area contributed by atoms with Gasteiger partial charge in [0.15, 0.2) is 11.5 Å². The van der Waals surface area contributed by atoms with Crippen LogP contribution in [0.2, 0.25) is 0 Å². The fourth-order valence-electron chi connectivity index (χ4n) is 3.80. The molecule has 1 amide bonds. The molecule has 8 heteroatoms. The Kier molecular flexibility index (Phi) is 7.65. The van der Waals surface area contributed by atoms with Crippen LogP contribution in [0.4, 0.5) is 5.69 Å². The Balaban J connectivity index is 1.57. The summed E-state index contributed by atoms with van der Waals surface area (Å²) in [5.41, 5.74) is 2.46. The highest BCUT2D eigenvalue weighted by atomic mass is 16.6. The van der Waals surface area contributed by atoms with Gasteiger partial charge in [0.1, 0.15) is 12.4 Å². The van der Waals surface area contributed by atoms with Gasteiger partial charge in [-0.2, -0.15) is 0 Å². The summed E-state index contributed by atoms with van der Waals surface area (Å²) in [4.78, 5) is 25.9. The molecule has 184 valence electrons. The second-order valence-electron chi connectivity index (χ2n) is 8.26. The number of aryl methyl sites for hydroxylation is 1. The van der Waals surface area contributed by atoms with E-state index in [1.165, 1.54) is 12.3 Å². The van der Waals surface area contributed by atoms with E-state index in [-0.39, 0.29) is 30.2 Å². The van der Waals surface area contributed by atoms with E-state index in [1.807, 2.05) is 48.5 Å². The molecule has 0 spiro atoms. The van der Waals surface area contributed by atoms with Gasteiger partial charge in [0.05, 0.1) is 24.8 Å². The van der Waals surface area contributed by atoms with Crippen LogP contribution in [-0.4, -0.2) is 22.8 Å². The average molecular weight is 487 g/mol. The smallest absolute Gasteiger partial charge is 0.273 e. The largest absolute Gasteiger partial charge is 0.493 e. The number of nitro benzene ring substituents is 1. The van der Waals surface area contributed by atoms with E-state index < -0.39 is 4.92 Å². The first-order chi connectivity index (χ1) is 17.4. The minimum Gasteiger partial charge on any atom is -0.493 e. The van der Waals surface area contributed by atoms with E-state index in [4.69, 9.17) is 13.9 Å². The first kappa shape index (κ1) is 24.5. The zero-order valence-electron chi connectivity index (χ0n) is 20.0. The van der Waals surface area contributed by atoms with Crippen molar-refractivity contribution in [1.82, 2.24) is 4.90 Å². The van der Waals surface area contributed by atoms with Crippen LogP contribution in [-0.2, 0) is 19.7 Å². The highest BCUT2D eigenvalue weighted by Crippen LogP contribution is 2.30. The molecule has 0 fully saturated rings. The van der Waals surface area contributed by atoms with Gasteiger partial charge in [0.2, 0.25) is 0 Å². The summed E-state index contributed by atoms with van der Waals surface area (Å²) in [5, 5.41) is 11.4. The van der Waals surface area contributed by atoms with E-state index in [0.29, 0.717) is 29.4 Å². The number of furan rings is 1. The summed E-state index contributed by atoms with van der Waals surface area (Å²) >= 11 is 0. The number of carbonyl (C=O) groups is 1. The van der Waals surface area contributed by atoms with Gasteiger partial charge in [-0.15, -0.1) is 0 Å². The fourth-order valence-corrected chi connectivity index (χ4v) is 3.80. The van der Waals surface area contributed by atoms with Crippen LogP contribution in [0.25, 0.3) is 0 Å². The van der Waals surface area contributed by atoms with Crippen molar-refractivity contribution in [3.8, 4) is 11.5 Å². The third-order valence-corrected chi connectivity index (χ3v) is 5.71. The molecule has 1 heterocycles. The van der Waals surface area contributed by atoms with Crippen LogP contribution in [0, 0.1) is 17.0 Å². The Morgan fingerprint density at radius 3 is 2.44 bits per heavy atom. The van der Waals surface area contributed by atoms with Gasteiger partial charge < -0.3 is 18.8 Å². The van der Waals surface area contributed by atoms with Gasteiger partial charge in [-0.3, -0.25) is 14.9 Å². The van der Waals surface area contributed by atoms with Crippen LogP contribution in [0.3, 0.4) is 0 Å². The summed E-state index contributed by atoms with van der Waals surface area (Å²) in [6.07, 6.45) is 1.54. The molecule has 0 unspecified atom stereocenters. The second-order valence-corrected chi connectivity index (χ2v) is 8.26. The molecule has 0 bridgehead atoms. The van der Waals surface area contributed by atoms with E-state index in [1.54, 1.807) is 43.2 Å². The molecule has 0 aliphatic heterocycles. The lowest BCUT2D eigenvalue weighted by Gasteiger charge is -2.23. The van der Waals surface area contributed by atoms with Crippen molar-refractivity contribution in [2.75, 3.05) is 7.11 Å². The van der Waals surface area contributed by atoms with E-state index >= 15 is 0 Å². The van der Waals surface area contributed by atoms with Gasteiger partial charge >= 0.3 is 0 Å². The maximum atomic E-state index is 13.4. The van der Waals surface area contributed by atoms with E-state index in [2.05, 4.69) is 0 Å². The van der Waals surface area contributed by atoms with Crippen LogP contribution >= 0.6 is 0 Å². The average Bonchev–Trinajstić information content (AvgIpc) is 3.41. The molecule has 0 atom stereocenters. The standard InChI is InChI=1S/C28H26N2O6/c1-20-10-12-23(16-25(20)30(32)33)28(31)29(18-24-9-6-14-35-24)17-22-11-13-26(27(15-22)34-2)36-19-21-7-4-3-5-8-21/h3-16H,17-19H2,1-2H3. The summed E-state index contributed by atoms with van der Waals surface area (Å²) in [6.45, 7) is 2.46. The van der Waals surface area contributed by atoms with E-state index in [0.717, 1.165) is 11.1 Å². The molecule has 1 aromatic heterocycles. The molecule has 0 aliphatic carbocycles. The van der Waals surface area contributed by atoms with Crippen molar-refractivity contribution in [2.24, 2.45) is 0 Å². The first-order valence-electron chi connectivity index (χ1n) is 11.3. The molecule has 0 N–H and O–H groups in total. The molecule has 0 saturated heterocycles. The second kappa shape index (κ2) is 11.2. The predicted octanol–water partition coefficient (Wildman–Crippen LogP) is 5.93. The summed E-state index contributed by atoms with van der Waals surface area (Å²) in [7, 11) is 1.56. The van der Waals surface area contributed by atoms with Crippen LogP contribution in [0.1, 0.15) is 32.8 Å². The quantitative estimate of drug-likeness (QED) is 0.204. The van der Waals surface area contributed by atoms with Gasteiger partial charge in [0.25, 0.3) is 11.6 Å². The van der Waals surface area contributed by atoms with Crippen LogP contribution < -0.4 is 9.47 Å². The van der Waals surface area contributed by atoms with Crippen LogP contribution in [0.15, 0.2) is 89.5 Å². The molecular formula is C28H26N2O6. The van der Waals surface area contributed by atoms with Crippen molar-refractivity contribution in [2.45, 2.75) is 26.6 Å². The van der Waals surface area contributed by atoms with Gasteiger partial charge in [0, 0.05) is 23.7 Å². The van der Waals surface area contributed by atoms with Crippen molar-refractivity contribution in [3.05, 3.63) is 123 Å². The number of nitro groups is 1. The molecule has 0 aliphatic rings. The maximum absolute atomic E-state index is 13.4. The van der Waals surface area contributed by atoms with Crippen molar-refractivity contribution >= 4 is 11.6 Å². The lowest BCUT2D eigenvalue weighted by molar-refractivity contribution is -0.385. The molecule has 4 rings (SSSR count). The molecule has 3 aromatic carbocycles. The predicted molar refractivity (Wildman–Crippen MR) is 134 cm³/mol. The molecule has 4 aromatic rings. The summed E-state index contributed by atoms with van der Waals surface area (Å²) in [6, 6.07) is 23.3. The van der Waals surface area contributed by atoms with Crippen molar-refractivity contribution in [1.29, 1.82) is 0 Å². The summed E-state index contributed by atoms with van der Waals surface area (Å²) < 4.78 is 16.9. The van der Waals surface area contributed by atoms with Gasteiger partial charge in [-0.1, -0.05) is 42.5 Å². The summed E-state index contributed by atoms with van der Waals surface area (Å²) in [5.74, 6) is 1.38. The van der Waals surface area contributed by atoms with Crippen molar-refractivity contribution in [3.63, 3.8) is 0 Å². The van der Waals surface area contributed by atoms with E-state index in [9.17, 15) is 14.9 Å². The minimum atomic E-state index is -0.484. The normalized spacial score (nSPS) is 10.6. The Morgan fingerprint density at radius 2 is 1.75 bits per heavy atom. The Labute approximate surface area is 208 Å². The minimum absolute atomic E-state index is 0.0969. The number of hydrogen-bond donors (Lipinski definition) is 0. The first-order valence-corrected chi connectivity index (χ1v) is 11.3. The molecular weight excluding hydrogens is 460 g/mol. The Morgan fingerprint density at radius 1 is 0.944 bits per heavy atom. The monoisotopic (exact) mass is 486 g/mol. The Bertz CT molecular complexity index is 1340. The number of hydrogen-bond acceptors (Lipinski definition) is 6. The number of carbonyl (C=O) groups excluding carboxylic acids is 1. The fraction of sp³-hybridized carbons (Fsp3) is 0.179. The number of ether oxygens (including phenoxy) is 2. The number of benzene rings is 3. The highest BCUT2D eigenvalue weighted by molar-refractivity contribution is 5.95. The number of rotatable bonds is 10. The third-order valence-electron chi connectivity index (χ3n) is 5.71. The van der Waals surface area contributed by atoms with Gasteiger partial charge in [-0.05, 0) is 48.4 Å². The highest BCUT2D eigenvalue weighted by Gasteiger charge is 2.22. The lowest BCUT2D eigenvalue weighted by atomic mass is 10.1. The van der Waals surface area contributed by atoms with Crippen molar-refractivity contribution < 1.29 is 23.6 Å². The number of nitrogens with zero attached hydrogens (tertiary/aromatic N) is 2. The molecule has 36 heavy (non-hydrogen) atoms. The van der Waals surface area contributed by atoms with Gasteiger partial charge in [-0.25, -0.2) is 0 Å². The zero-order valence-corrected chi connectivity index (χ0v) is 20.0. The SMILES string of the molecule is COc1cc(CN(Cc2ccco2)C(=O)c2ccc(C)c([N+](=O)[O-])c2)ccc1OCc1ccccc1. The number of methoxy groups -OCH3 is 1. The molecule has 0 saturated carbocycles. The lowest BCUT2D eigenvalue weighted by Crippen LogP contribution is -2.30. The molecule has 0 radical (unpaired) electrons. The Hall–Kier alpha value is -4.59. The topological polar surface area (TPSA) is 95.0 Å². The van der Waals surface area contributed by atoms with Crippen LogP contribution in [0.5, 0.6) is 11.5 Å². The number of amides is 1. The third kappa shape index (κ3) is 5.90. The molecule has 8 nitrogen and oxygen atoms in total. The maximum Gasteiger partial charge on any atom is 0.273 e. The zero-order chi connectivity index (χ0) is 25.5.